The number of anilines is 3. The van der Waals surface area contributed by atoms with Crippen molar-refractivity contribution in [2.75, 3.05) is 41.9 Å². The minimum absolute atomic E-state index is 0.0416. The maximum absolute atomic E-state index is 13.2. The summed E-state index contributed by atoms with van der Waals surface area (Å²) >= 11 is 6.06. The van der Waals surface area contributed by atoms with Crippen LogP contribution in [0, 0.1) is 0 Å². The van der Waals surface area contributed by atoms with Crippen LogP contribution in [0.3, 0.4) is 0 Å². The molecule has 0 radical (unpaired) electrons. The first-order chi connectivity index (χ1) is 16.4. The summed E-state index contributed by atoms with van der Waals surface area (Å²) in [5.41, 5.74) is 0.960. The van der Waals surface area contributed by atoms with Gasteiger partial charge in [0.2, 0.25) is 25.8 Å². The smallest absolute Gasteiger partial charge is 0.243 e. The number of carbonyl (C=O) groups excluding carboxylic acids is 1. The minimum atomic E-state index is -3.95. The van der Waals surface area contributed by atoms with E-state index < -0.39 is 25.8 Å². The van der Waals surface area contributed by atoms with Crippen molar-refractivity contribution in [1.29, 1.82) is 0 Å². The second-order valence-electron chi connectivity index (χ2n) is 7.50. The number of nitrogens with zero attached hydrogens (tertiary/aromatic N) is 1. The Bertz CT molecular complexity index is 1440. The maximum atomic E-state index is 13.2. The fourth-order valence-corrected chi connectivity index (χ4v) is 5.29. The number of rotatable bonds is 9. The Morgan fingerprint density at radius 2 is 1.69 bits per heavy atom. The number of amides is 1. The summed E-state index contributed by atoms with van der Waals surface area (Å²) in [5.74, 6) is 0.0452. The number of halogens is 1. The molecule has 0 unspecified atom stereocenters. The molecule has 35 heavy (non-hydrogen) atoms. The number of sulfone groups is 1. The van der Waals surface area contributed by atoms with Gasteiger partial charge in [0.05, 0.1) is 41.1 Å². The van der Waals surface area contributed by atoms with Crippen LogP contribution in [0.5, 0.6) is 5.75 Å². The lowest BCUT2D eigenvalue weighted by molar-refractivity contribution is -0.114. The standard InChI is InChI=1S/C23H24ClN3O6S2/c1-27(34(3,29)30)18-6-4-5-17(14-18)26-23(28)15-25-21-12-7-16(24)13-22(21)35(31,32)20-10-8-19(33-2)9-11-20/h4-14,25H,15H2,1-3H3,(H,26,28). The molecule has 0 aliphatic carbocycles. The first kappa shape index (κ1) is 26.3. The SMILES string of the molecule is COc1ccc(S(=O)(=O)c2cc(Cl)ccc2NCC(=O)Nc2cccc(N(C)S(C)(=O)=O)c2)cc1. The van der Waals surface area contributed by atoms with Crippen molar-refractivity contribution in [3.05, 3.63) is 71.8 Å². The summed E-state index contributed by atoms with van der Waals surface area (Å²) < 4.78 is 56.1. The predicted molar refractivity (Wildman–Crippen MR) is 137 cm³/mol. The average molecular weight is 538 g/mol. The highest BCUT2D eigenvalue weighted by atomic mass is 35.5. The third kappa shape index (κ3) is 6.44. The van der Waals surface area contributed by atoms with E-state index in [1.807, 2.05) is 0 Å². The summed E-state index contributed by atoms with van der Waals surface area (Å²) in [6.45, 7) is -0.251. The highest BCUT2D eigenvalue weighted by Gasteiger charge is 2.22. The molecule has 0 saturated heterocycles. The number of methoxy groups -OCH3 is 1. The Morgan fingerprint density at radius 1 is 1.00 bits per heavy atom. The van der Waals surface area contributed by atoms with Gasteiger partial charge in [-0.05, 0) is 60.7 Å². The van der Waals surface area contributed by atoms with E-state index >= 15 is 0 Å². The van der Waals surface area contributed by atoms with Gasteiger partial charge in [-0.2, -0.15) is 0 Å². The average Bonchev–Trinajstić information content (AvgIpc) is 2.82. The lowest BCUT2D eigenvalue weighted by atomic mass is 10.2. The van der Waals surface area contributed by atoms with Crippen LogP contribution in [0.25, 0.3) is 0 Å². The normalized spacial score (nSPS) is 11.5. The van der Waals surface area contributed by atoms with Crippen molar-refractivity contribution in [2.45, 2.75) is 9.79 Å². The Hall–Kier alpha value is -3.28. The second-order valence-corrected chi connectivity index (χ2v) is 11.9. The molecule has 3 rings (SSSR count). The Kier molecular flexibility index (Phi) is 7.93. The third-order valence-corrected chi connectivity index (χ3v) is 8.28. The molecule has 0 bridgehead atoms. The molecule has 0 atom stereocenters. The van der Waals surface area contributed by atoms with Crippen molar-refractivity contribution in [1.82, 2.24) is 0 Å². The third-order valence-electron chi connectivity index (χ3n) is 5.03. The van der Waals surface area contributed by atoms with Gasteiger partial charge in [-0.3, -0.25) is 9.10 Å². The van der Waals surface area contributed by atoms with E-state index in [9.17, 15) is 21.6 Å². The lowest BCUT2D eigenvalue weighted by Gasteiger charge is -2.17. The van der Waals surface area contributed by atoms with Crippen LogP contribution in [0.15, 0.2) is 76.5 Å². The molecule has 3 aromatic rings. The van der Waals surface area contributed by atoms with Gasteiger partial charge in [0.25, 0.3) is 0 Å². The molecular formula is C23H24ClN3O6S2. The van der Waals surface area contributed by atoms with Gasteiger partial charge in [-0.25, -0.2) is 16.8 Å². The highest BCUT2D eigenvalue weighted by molar-refractivity contribution is 7.92. The molecule has 0 fully saturated rings. The van der Waals surface area contributed by atoms with E-state index in [0.29, 0.717) is 17.1 Å². The molecule has 12 heteroatoms. The number of sulfonamides is 1. The van der Waals surface area contributed by atoms with Gasteiger partial charge in [-0.15, -0.1) is 0 Å². The van der Waals surface area contributed by atoms with Crippen LogP contribution >= 0.6 is 11.6 Å². The topological polar surface area (TPSA) is 122 Å². The van der Waals surface area contributed by atoms with Gasteiger partial charge < -0.3 is 15.4 Å². The summed E-state index contributed by atoms with van der Waals surface area (Å²) in [7, 11) is -4.53. The Balaban J connectivity index is 1.78. The van der Waals surface area contributed by atoms with Crippen molar-refractivity contribution < 1.29 is 26.4 Å². The molecule has 1 amide bonds. The predicted octanol–water partition coefficient (Wildman–Crippen LogP) is 3.63. The van der Waals surface area contributed by atoms with Crippen LogP contribution < -0.4 is 19.7 Å². The van der Waals surface area contributed by atoms with Crippen LogP contribution in [0.4, 0.5) is 17.1 Å². The first-order valence-corrected chi connectivity index (χ1v) is 13.9. The largest absolute Gasteiger partial charge is 0.497 e. The van der Waals surface area contributed by atoms with Crippen LogP contribution in [0.1, 0.15) is 0 Å². The second kappa shape index (κ2) is 10.5. The highest BCUT2D eigenvalue weighted by Crippen LogP contribution is 2.31. The van der Waals surface area contributed by atoms with Crippen molar-refractivity contribution in [3.8, 4) is 5.75 Å². The van der Waals surface area contributed by atoms with Crippen LogP contribution in [-0.4, -0.2) is 49.7 Å². The van der Waals surface area contributed by atoms with Gasteiger partial charge in [0.1, 0.15) is 5.75 Å². The zero-order valence-corrected chi connectivity index (χ0v) is 21.5. The molecule has 9 nitrogen and oxygen atoms in total. The molecule has 0 aliphatic rings. The number of benzene rings is 3. The van der Waals surface area contributed by atoms with E-state index in [1.54, 1.807) is 18.2 Å². The molecule has 3 aromatic carbocycles. The quantitative estimate of drug-likeness (QED) is 0.427. The Morgan fingerprint density at radius 3 is 2.31 bits per heavy atom. The number of hydrogen-bond acceptors (Lipinski definition) is 7. The lowest BCUT2D eigenvalue weighted by Crippen LogP contribution is -2.25. The van der Waals surface area contributed by atoms with E-state index in [2.05, 4.69) is 10.6 Å². The summed E-state index contributed by atoms with van der Waals surface area (Å²) in [4.78, 5) is 12.5. The van der Waals surface area contributed by atoms with Gasteiger partial charge >= 0.3 is 0 Å². The van der Waals surface area contributed by atoms with Crippen molar-refractivity contribution in [3.63, 3.8) is 0 Å². The molecule has 0 saturated carbocycles. The van der Waals surface area contributed by atoms with Gasteiger partial charge in [0.15, 0.2) is 0 Å². The molecule has 186 valence electrons. The first-order valence-electron chi connectivity index (χ1n) is 10.2. The Labute approximate surface area is 209 Å². The number of hydrogen-bond donors (Lipinski definition) is 2. The maximum Gasteiger partial charge on any atom is 0.243 e. The van der Waals surface area contributed by atoms with Crippen molar-refractivity contribution >= 4 is 54.4 Å². The van der Waals surface area contributed by atoms with E-state index in [0.717, 1.165) is 10.6 Å². The van der Waals surface area contributed by atoms with E-state index in [4.69, 9.17) is 16.3 Å². The molecule has 0 heterocycles. The molecule has 0 spiro atoms. The minimum Gasteiger partial charge on any atom is -0.497 e. The molecule has 0 aliphatic heterocycles. The number of nitrogens with one attached hydrogen (secondary N) is 2. The summed E-state index contributed by atoms with van der Waals surface area (Å²) in [5, 5.41) is 5.72. The number of carbonyl (C=O) groups is 1. The summed E-state index contributed by atoms with van der Waals surface area (Å²) in [6, 6.07) is 16.6. The number of ether oxygens (including phenoxy) is 1. The van der Waals surface area contributed by atoms with E-state index in [-0.39, 0.29) is 27.0 Å². The van der Waals surface area contributed by atoms with Crippen LogP contribution in [-0.2, 0) is 24.7 Å². The monoisotopic (exact) mass is 537 g/mol. The van der Waals surface area contributed by atoms with E-state index in [1.165, 1.54) is 62.7 Å². The molecular weight excluding hydrogens is 514 g/mol. The summed E-state index contributed by atoms with van der Waals surface area (Å²) in [6.07, 6.45) is 1.08. The zero-order valence-electron chi connectivity index (χ0n) is 19.1. The van der Waals surface area contributed by atoms with Crippen LogP contribution in [0.2, 0.25) is 5.02 Å². The van der Waals surface area contributed by atoms with Gasteiger partial charge in [0, 0.05) is 17.8 Å². The van der Waals surface area contributed by atoms with Crippen molar-refractivity contribution in [2.24, 2.45) is 0 Å². The zero-order chi connectivity index (χ0) is 25.8. The molecule has 2 N–H and O–H groups in total. The van der Waals surface area contributed by atoms with Gasteiger partial charge in [-0.1, -0.05) is 17.7 Å². The fourth-order valence-electron chi connectivity index (χ4n) is 3.10. The fraction of sp³-hybridized carbons (Fsp3) is 0.174. The molecule has 0 aromatic heterocycles.